The summed E-state index contributed by atoms with van der Waals surface area (Å²) in [6.45, 7) is 18.1. The van der Waals surface area contributed by atoms with Gasteiger partial charge in [0, 0.05) is 70.9 Å². The zero-order valence-electron chi connectivity index (χ0n) is 47.4. The molecular formula is C54H91FN6O14S. The Bertz CT molecular complexity index is 2300. The van der Waals surface area contributed by atoms with Gasteiger partial charge in [0.2, 0.25) is 10.0 Å². The molecule has 4 aliphatic rings. The molecule has 0 bridgehead atoms. The Morgan fingerprint density at radius 3 is 2.25 bits per heavy atom. The molecule has 6 rings (SSSR count). The number of aromatic nitrogens is 3. The number of sulfonamides is 1. The van der Waals surface area contributed by atoms with Crippen molar-refractivity contribution in [1.29, 1.82) is 0 Å². The van der Waals surface area contributed by atoms with Crippen LogP contribution in [0.1, 0.15) is 125 Å². The van der Waals surface area contributed by atoms with Crippen molar-refractivity contribution < 1.29 is 71.6 Å². The minimum atomic E-state index is -3.37. The fraction of sp³-hybridized carbons (Fsp3) is 0.833. The summed E-state index contributed by atoms with van der Waals surface area (Å²) in [6, 6.07) is 4.91. The lowest BCUT2D eigenvalue weighted by atomic mass is 9.68. The smallest absolute Gasteiger partial charge is 0.309 e. The van der Waals surface area contributed by atoms with Crippen LogP contribution < -0.4 is 4.31 Å². The van der Waals surface area contributed by atoms with E-state index in [4.69, 9.17) is 28.4 Å². The lowest BCUT2D eigenvalue weighted by Gasteiger charge is -2.51. The van der Waals surface area contributed by atoms with Crippen LogP contribution in [-0.4, -0.2) is 209 Å². The van der Waals surface area contributed by atoms with Gasteiger partial charge in [0.15, 0.2) is 6.29 Å². The minimum absolute atomic E-state index is 0.0958. The third-order valence-electron chi connectivity index (χ3n) is 17.5. The number of aliphatic hydroxyl groups excluding tert-OH is 3. The summed E-state index contributed by atoms with van der Waals surface area (Å²) in [7, 11) is 3.33. The van der Waals surface area contributed by atoms with Gasteiger partial charge in [-0.2, -0.15) is 0 Å². The predicted octanol–water partition coefficient (Wildman–Crippen LogP) is 3.82. The fourth-order valence-corrected chi connectivity index (χ4v) is 14.4. The third kappa shape index (κ3) is 13.4. The molecule has 4 aliphatic heterocycles. The molecule has 4 saturated heterocycles. The van der Waals surface area contributed by atoms with Crippen molar-refractivity contribution in [2.75, 3.05) is 64.7 Å². The topological polar surface area (TPSA) is 248 Å². The van der Waals surface area contributed by atoms with Crippen LogP contribution in [0.4, 0.5) is 10.1 Å². The summed E-state index contributed by atoms with van der Waals surface area (Å²) in [5.41, 5.74) is -2.80. The third-order valence-corrected chi connectivity index (χ3v) is 19.3. The summed E-state index contributed by atoms with van der Waals surface area (Å²) in [5, 5.41) is 68.9. The van der Waals surface area contributed by atoms with E-state index < -0.39 is 137 Å². The number of aliphatic hydroxyl groups is 5. The molecule has 0 radical (unpaired) electrons. The first-order chi connectivity index (χ1) is 35.5. The summed E-state index contributed by atoms with van der Waals surface area (Å²) < 4.78 is 80.8. The molecule has 1 unspecified atom stereocenters. The van der Waals surface area contributed by atoms with Crippen LogP contribution in [0.5, 0.6) is 0 Å². The maximum absolute atomic E-state index is 14.9. The molecule has 22 heteroatoms. The number of anilines is 1. The maximum atomic E-state index is 14.9. The Hall–Kier alpha value is -2.97. The number of carbonyl (C=O) groups is 1. The normalized spacial score (nSPS) is 40.3. The zero-order valence-corrected chi connectivity index (χ0v) is 48.2. The summed E-state index contributed by atoms with van der Waals surface area (Å²) >= 11 is 0. The second-order valence-electron chi connectivity index (χ2n) is 23.4. The first-order valence-electron chi connectivity index (χ1n) is 27.3. The number of cyclic esters (lactones) is 1. The van der Waals surface area contributed by atoms with Crippen molar-refractivity contribution >= 4 is 21.7 Å². The Morgan fingerprint density at radius 2 is 1.66 bits per heavy atom. The van der Waals surface area contributed by atoms with E-state index in [0.29, 0.717) is 55.8 Å². The van der Waals surface area contributed by atoms with Gasteiger partial charge in [-0.1, -0.05) is 45.0 Å². The molecule has 1 aromatic carbocycles. The molecule has 0 amide bonds. The number of esters is 1. The molecule has 434 valence electrons. The van der Waals surface area contributed by atoms with E-state index in [0.717, 1.165) is 0 Å². The number of likely N-dealkylation sites (N-methyl/N-ethyl adjacent to an activating group) is 2. The molecule has 0 saturated carbocycles. The maximum Gasteiger partial charge on any atom is 0.309 e. The number of hydrogen-bond donors (Lipinski definition) is 5. The van der Waals surface area contributed by atoms with Gasteiger partial charge < -0.3 is 63.8 Å². The van der Waals surface area contributed by atoms with Gasteiger partial charge in [-0.05, 0) is 111 Å². The molecular weight excluding hydrogens is 1010 g/mol. The number of methoxy groups -OCH3 is 2. The summed E-state index contributed by atoms with van der Waals surface area (Å²) in [5.74, 6) is -3.23. The Kier molecular flexibility index (Phi) is 20.7. The molecule has 20 nitrogen and oxygen atoms in total. The van der Waals surface area contributed by atoms with Crippen molar-refractivity contribution in [3.05, 3.63) is 41.7 Å². The highest BCUT2D eigenvalue weighted by atomic mass is 32.2. The van der Waals surface area contributed by atoms with Crippen molar-refractivity contribution in [2.24, 2.45) is 23.7 Å². The average Bonchev–Trinajstić information content (AvgIpc) is 3.99. The Labute approximate surface area is 450 Å². The number of ether oxygens (including phenoxy) is 6. The quantitative estimate of drug-likeness (QED) is 0.159. The van der Waals surface area contributed by atoms with E-state index in [1.54, 1.807) is 72.0 Å². The van der Waals surface area contributed by atoms with E-state index in [2.05, 4.69) is 10.3 Å². The molecule has 0 aliphatic carbocycles. The molecule has 5 heterocycles. The number of rotatable bonds is 15. The van der Waals surface area contributed by atoms with E-state index in [9.17, 15) is 43.1 Å². The molecule has 20 atom stereocenters. The largest absolute Gasteiger partial charge is 0.459 e. The van der Waals surface area contributed by atoms with E-state index >= 15 is 0 Å². The molecule has 4 fully saturated rings. The second-order valence-corrected chi connectivity index (χ2v) is 25.4. The average molecular weight is 1100 g/mol. The molecule has 5 N–H and O–H groups in total. The number of benzene rings is 1. The van der Waals surface area contributed by atoms with E-state index in [1.165, 1.54) is 30.1 Å². The zero-order chi connectivity index (χ0) is 56.4. The first-order valence-corrected chi connectivity index (χ1v) is 28.9. The van der Waals surface area contributed by atoms with Gasteiger partial charge in [0.05, 0.1) is 58.7 Å². The Morgan fingerprint density at radius 1 is 0.987 bits per heavy atom. The second kappa shape index (κ2) is 25.2. The van der Waals surface area contributed by atoms with Crippen LogP contribution in [0.2, 0.25) is 0 Å². The van der Waals surface area contributed by atoms with Gasteiger partial charge in [-0.25, -0.2) is 17.5 Å². The van der Waals surface area contributed by atoms with Crippen LogP contribution in [0.3, 0.4) is 0 Å². The van der Waals surface area contributed by atoms with Gasteiger partial charge in [-0.15, -0.1) is 5.10 Å². The van der Waals surface area contributed by atoms with Crippen LogP contribution >= 0.6 is 0 Å². The molecule has 76 heavy (non-hydrogen) atoms. The lowest BCUT2D eigenvalue weighted by Crippen LogP contribution is -2.62. The summed E-state index contributed by atoms with van der Waals surface area (Å²) in [6.07, 6.45) is -6.09. The molecule has 0 spiro atoms. The summed E-state index contributed by atoms with van der Waals surface area (Å²) in [4.78, 5) is 18.6. The van der Waals surface area contributed by atoms with Crippen LogP contribution in [0, 0.1) is 23.7 Å². The first kappa shape index (κ1) is 62.2. The van der Waals surface area contributed by atoms with Crippen molar-refractivity contribution in [2.45, 2.75) is 204 Å². The van der Waals surface area contributed by atoms with Gasteiger partial charge in [0.25, 0.3) is 0 Å². The highest BCUT2D eigenvalue weighted by molar-refractivity contribution is 7.93. The van der Waals surface area contributed by atoms with Gasteiger partial charge >= 0.3 is 5.97 Å². The standard InChI is InChI=1S/C54H91FN6O14S/c1-15-43-54(10,67)47(63)35(6)59(12)29-31(2)26-52(8,66)49(33(4)44(34(5)50(65)74-43)42-27-53(9,71-14)48(64)36(7)73-42)75-51-45(62)40(25-32(3)72-51)58(11)23-21-38-30-60(57-56-38)41(28-55)46(70-13)37-17-19-39(20-18-37)61-22-16-24-76(61,68)69/h17-20,30-36,40-49,51,62-64,66-67H,15-16,21-29H2,1-14H3/t31-,32-,33+,34-,35-,36+,40+,41-,42-,43-,44?,45-,46-,47-,48+,49-,51+,52-,53-,54-/m1/s1. The highest BCUT2D eigenvalue weighted by Crippen LogP contribution is 2.45. The van der Waals surface area contributed by atoms with Crippen molar-refractivity contribution in [3.63, 3.8) is 0 Å². The molecule has 2 aromatic rings. The monoisotopic (exact) mass is 1100 g/mol. The fourth-order valence-electron chi connectivity index (χ4n) is 12.8. The van der Waals surface area contributed by atoms with E-state index in [1.807, 2.05) is 44.7 Å². The minimum Gasteiger partial charge on any atom is -0.459 e. The predicted molar refractivity (Wildman–Crippen MR) is 282 cm³/mol. The number of hydrogen-bond acceptors (Lipinski definition) is 18. The van der Waals surface area contributed by atoms with Gasteiger partial charge in [0.1, 0.15) is 48.8 Å². The van der Waals surface area contributed by atoms with Gasteiger partial charge in [-0.3, -0.25) is 9.10 Å². The van der Waals surface area contributed by atoms with Crippen molar-refractivity contribution in [1.82, 2.24) is 24.8 Å². The van der Waals surface area contributed by atoms with Crippen LogP contribution in [0.15, 0.2) is 30.5 Å². The van der Waals surface area contributed by atoms with Crippen molar-refractivity contribution in [3.8, 4) is 0 Å². The lowest BCUT2D eigenvalue weighted by molar-refractivity contribution is -0.302. The van der Waals surface area contributed by atoms with Crippen LogP contribution in [0.25, 0.3) is 0 Å². The van der Waals surface area contributed by atoms with Crippen LogP contribution in [-0.2, 0) is 49.7 Å². The number of nitrogens with zero attached hydrogens (tertiary/aromatic N) is 6. The van der Waals surface area contributed by atoms with E-state index in [-0.39, 0.29) is 30.9 Å². The molecule has 1 aromatic heterocycles. The number of alkyl halides is 1. The highest BCUT2D eigenvalue weighted by Gasteiger charge is 2.55. The number of halogens is 1. The SMILES string of the molecule is CC[C@H]1OC(=O)[C@H](C)C([C@H]2C[C@@](C)(OC)[C@@H](O)[C@H](C)O2)[C@H](C)[C@@H](O[C@@H]2O[C@H](C)C[C@H](N(C)CCc3cn([C@H](CF)[C@H](OC)c4ccc(N5CCCS5(=O)=O)cc4)nn3)[C@H]2O)[C@](C)(O)C[C@@H](C)CN(C)[C@H](C)[C@@H](O)[C@]1(C)O. The number of carbonyl (C=O) groups excluding carboxylic acids is 1. The Balaban J connectivity index is 1.26.